The van der Waals surface area contributed by atoms with Crippen molar-refractivity contribution in [2.45, 2.75) is 70.9 Å². The first kappa shape index (κ1) is 12.9. The minimum atomic E-state index is 0.828. The van der Waals surface area contributed by atoms with Crippen LogP contribution in [0.2, 0.25) is 0 Å². The van der Waals surface area contributed by atoms with Gasteiger partial charge in [-0.1, -0.05) is 0 Å². The van der Waals surface area contributed by atoms with E-state index in [1.54, 1.807) is 0 Å². The second-order valence-electron chi connectivity index (χ2n) is 7.07. The van der Waals surface area contributed by atoms with Crippen LogP contribution < -0.4 is 5.32 Å². The molecule has 1 heterocycles. The lowest BCUT2D eigenvalue weighted by molar-refractivity contribution is 0.403. The SMILES string of the molecule is Cc1nc2c(n1CCNC(C1CC1)C1CC1)CCCC2. The molecule has 0 amide bonds. The van der Waals surface area contributed by atoms with Gasteiger partial charge in [0.25, 0.3) is 0 Å². The quantitative estimate of drug-likeness (QED) is 0.864. The average Bonchev–Trinajstić information content (AvgIpc) is 3.34. The fraction of sp³-hybridized carbons (Fsp3) is 0.824. The molecular formula is C17H27N3. The zero-order chi connectivity index (χ0) is 13.5. The van der Waals surface area contributed by atoms with Crippen LogP contribution in [-0.4, -0.2) is 22.1 Å². The highest BCUT2D eigenvalue weighted by molar-refractivity contribution is 5.19. The van der Waals surface area contributed by atoms with E-state index >= 15 is 0 Å². The highest BCUT2D eigenvalue weighted by atomic mass is 15.1. The number of hydrogen-bond acceptors (Lipinski definition) is 2. The highest BCUT2D eigenvalue weighted by Gasteiger charge is 2.40. The summed E-state index contributed by atoms with van der Waals surface area (Å²) in [7, 11) is 0. The fourth-order valence-electron chi connectivity index (χ4n) is 4.00. The maximum Gasteiger partial charge on any atom is 0.106 e. The molecule has 0 atom stereocenters. The van der Waals surface area contributed by atoms with Crippen molar-refractivity contribution in [1.82, 2.24) is 14.9 Å². The van der Waals surface area contributed by atoms with Crippen molar-refractivity contribution in [2.75, 3.05) is 6.54 Å². The van der Waals surface area contributed by atoms with Gasteiger partial charge in [0, 0.05) is 24.8 Å². The first-order valence-corrected chi connectivity index (χ1v) is 8.61. The van der Waals surface area contributed by atoms with Crippen LogP contribution in [0.25, 0.3) is 0 Å². The largest absolute Gasteiger partial charge is 0.331 e. The van der Waals surface area contributed by atoms with Gasteiger partial charge < -0.3 is 9.88 Å². The Morgan fingerprint density at radius 2 is 1.85 bits per heavy atom. The van der Waals surface area contributed by atoms with Gasteiger partial charge in [0.15, 0.2) is 0 Å². The third-order valence-electron chi connectivity index (χ3n) is 5.40. The first-order valence-electron chi connectivity index (χ1n) is 8.61. The minimum absolute atomic E-state index is 0.828. The summed E-state index contributed by atoms with van der Waals surface area (Å²) in [5, 5.41) is 3.87. The molecule has 2 saturated carbocycles. The van der Waals surface area contributed by atoms with Crippen LogP contribution in [0, 0.1) is 18.8 Å². The van der Waals surface area contributed by atoms with Gasteiger partial charge in [-0.2, -0.15) is 0 Å². The number of imidazole rings is 1. The number of nitrogens with zero attached hydrogens (tertiary/aromatic N) is 2. The van der Waals surface area contributed by atoms with E-state index in [0.29, 0.717) is 0 Å². The molecule has 1 aromatic rings. The Morgan fingerprint density at radius 1 is 1.15 bits per heavy atom. The van der Waals surface area contributed by atoms with Crippen LogP contribution in [0.1, 0.15) is 55.7 Å². The maximum absolute atomic E-state index is 4.78. The van der Waals surface area contributed by atoms with Crippen molar-refractivity contribution in [3.05, 3.63) is 17.2 Å². The van der Waals surface area contributed by atoms with Crippen molar-refractivity contribution >= 4 is 0 Å². The van der Waals surface area contributed by atoms with E-state index in [2.05, 4.69) is 16.8 Å². The van der Waals surface area contributed by atoms with Gasteiger partial charge in [0.1, 0.15) is 5.82 Å². The lowest BCUT2D eigenvalue weighted by Crippen LogP contribution is -2.35. The topological polar surface area (TPSA) is 29.9 Å². The molecule has 3 nitrogen and oxygen atoms in total. The molecule has 0 bridgehead atoms. The summed E-state index contributed by atoms with van der Waals surface area (Å²) in [6.45, 7) is 4.42. The predicted octanol–water partition coefficient (Wildman–Crippen LogP) is 2.85. The number of aryl methyl sites for hydroxylation is 2. The lowest BCUT2D eigenvalue weighted by Gasteiger charge is -2.19. The van der Waals surface area contributed by atoms with Gasteiger partial charge >= 0.3 is 0 Å². The summed E-state index contributed by atoms with van der Waals surface area (Å²) >= 11 is 0. The number of hydrogen-bond donors (Lipinski definition) is 1. The molecule has 20 heavy (non-hydrogen) atoms. The number of fused-ring (bicyclic) bond motifs is 1. The van der Waals surface area contributed by atoms with Crippen LogP contribution in [-0.2, 0) is 19.4 Å². The molecular weight excluding hydrogens is 246 g/mol. The molecule has 3 heteroatoms. The monoisotopic (exact) mass is 273 g/mol. The minimum Gasteiger partial charge on any atom is -0.331 e. The second kappa shape index (κ2) is 5.18. The molecule has 0 aliphatic heterocycles. The zero-order valence-corrected chi connectivity index (χ0v) is 12.7. The van der Waals surface area contributed by atoms with Crippen LogP contribution in [0.3, 0.4) is 0 Å². The summed E-state index contributed by atoms with van der Waals surface area (Å²) in [6, 6.07) is 0.828. The van der Waals surface area contributed by atoms with Crippen molar-refractivity contribution in [2.24, 2.45) is 11.8 Å². The zero-order valence-electron chi connectivity index (χ0n) is 12.7. The third kappa shape index (κ3) is 2.52. The number of nitrogens with one attached hydrogen (secondary N) is 1. The van der Waals surface area contributed by atoms with Crippen LogP contribution >= 0.6 is 0 Å². The van der Waals surface area contributed by atoms with Crippen molar-refractivity contribution in [3.63, 3.8) is 0 Å². The molecule has 2 fully saturated rings. The van der Waals surface area contributed by atoms with Gasteiger partial charge in [-0.05, 0) is 70.1 Å². The van der Waals surface area contributed by atoms with E-state index in [1.165, 1.54) is 68.6 Å². The summed E-state index contributed by atoms with van der Waals surface area (Å²) in [6.07, 6.45) is 11.0. The van der Waals surface area contributed by atoms with Gasteiger partial charge in [-0.15, -0.1) is 0 Å². The Labute approximate surface area is 122 Å². The van der Waals surface area contributed by atoms with Crippen molar-refractivity contribution in [3.8, 4) is 0 Å². The normalized spacial score (nSPS) is 22.3. The molecule has 0 saturated heterocycles. The van der Waals surface area contributed by atoms with Gasteiger partial charge in [-0.3, -0.25) is 0 Å². The predicted molar refractivity (Wildman–Crippen MR) is 80.8 cm³/mol. The third-order valence-corrected chi connectivity index (χ3v) is 5.40. The van der Waals surface area contributed by atoms with Crippen LogP contribution in [0.15, 0.2) is 0 Å². The molecule has 0 radical (unpaired) electrons. The molecule has 1 N–H and O–H groups in total. The molecule has 110 valence electrons. The highest BCUT2D eigenvalue weighted by Crippen LogP contribution is 2.44. The summed E-state index contributed by atoms with van der Waals surface area (Å²) in [4.78, 5) is 4.78. The maximum atomic E-state index is 4.78. The second-order valence-corrected chi connectivity index (χ2v) is 7.07. The summed E-state index contributed by atoms with van der Waals surface area (Å²) in [5.41, 5.74) is 2.92. The number of rotatable bonds is 6. The molecule has 4 rings (SSSR count). The standard InChI is InChI=1S/C17H27N3/c1-12-19-15-4-2-3-5-16(15)20(12)11-10-18-17(13-6-7-13)14-8-9-14/h13-14,17-18H,2-11H2,1H3. The lowest BCUT2D eigenvalue weighted by atomic mass is 10.0. The van der Waals surface area contributed by atoms with E-state index in [0.717, 1.165) is 31.0 Å². The molecule has 0 aromatic carbocycles. The Kier molecular flexibility index (Phi) is 3.33. The number of aromatic nitrogens is 2. The smallest absolute Gasteiger partial charge is 0.106 e. The van der Waals surface area contributed by atoms with E-state index in [9.17, 15) is 0 Å². The van der Waals surface area contributed by atoms with E-state index in [1.807, 2.05) is 0 Å². The van der Waals surface area contributed by atoms with Crippen LogP contribution in [0.5, 0.6) is 0 Å². The molecule has 0 spiro atoms. The summed E-state index contributed by atoms with van der Waals surface area (Å²) in [5.74, 6) is 3.23. The molecule has 0 unspecified atom stereocenters. The van der Waals surface area contributed by atoms with E-state index < -0.39 is 0 Å². The molecule has 3 aliphatic carbocycles. The Balaban J connectivity index is 1.38. The first-order chi connectivity index (χ1) is 9.83. The van der Waals surface area contributed by atoms with Gasteiger partial charge in [-0.25, -0.2) is 4.98 Å². The van der Waals surface area contributed by atoms with Gasteiger partial charge in [0.05, 0.1) is 5.69 Å². The van der Waals surface area contributed by atoms with Gasteiger partial charge in [0.2, 0.25) is 0 Å². The van der Waals surface area contributed by atoms with Crippen molar-refractivity contribution < 1.29 is 0 Å². The fourth-order valence-corrected chi connectivity index (χ4v) is 4.00. The summed E-state index contributed by atoms with van der Waals surface area (Å²) < 4.78 is 2.48. The average molecular weight is 273 g/mol. The Hall–Kier alpha value is -0.830. The van der Waals surface area contributed by atoms with E-state index in [4.69, 9.17) is 4.98 Å². The van der Waals surface area contributed by atoms with Crippen molar-refractivity contribution in [1.29, 1.82) is 0 Å². The molecule has 1 aromatic heterocycles. The van der Waals surface area contributed by atoms with Crippen LogP contribution in [0.4, 0.5) is 0 Å². The Morgan fingerprint density at radius 3 is 2.55 bits per heavy atom. The van der Waals surface area contributed by atoms with E-state index in [-0.39, 0.29) is 0 Å². The molecule has 3 aliphatic rings. The Bertz CT molecular complexity index is 471.